The van der Waals surface area contributed by atoms with Crippen molar-refractivity contribution in [3.63, 3.8) is 0 Å². The van der Waals surface area contributed by atoms with Gasteiger partial charge < -0.3 is 24.8 Å². The molecule has 1 aliphatic rings. The first kappa shape index (κ1) is 19.5. The van der Waals surface area contributed by atoms with E-state index in [1.165, 1.54) is 0 Å². The summed E-state index contributed by atoms with van der Waals surface area (Å²) < 4.78 is 16.0. The number of nitrogens with one attached hydrogen (secondary N) is 2. The van der Waals surface area contributed by atoms with Gasteiger partial charge >= 0.3 is 12.2 Å². The van der Waals surface area contributed by atoms with Crippen LogP contribution in [-0.2, 0) is 14.2 Å². The maximum absolute atomic E-state index is 11.6. The molecule has 2 amide bonds. The molecule has 7 nitrogen and oxygen atoms in total. The first-order valence-corrected chi connectivity index (χ1v) is 8.00. The molecule has 1 fully saturated rings. The molecule has 7 heteroatoms. The molecule has 1 aliphatic heterocycles. The maximum atomic E-state index is 11.6. The van der Waals surface area contributed by atoms with Crippen molar-refractivity contribution in [2.75, 3.05) is 13.2 Å². The van der Waals surface area contributed by atoms with Crippen LogP contribution in [0.15, 0.2) is 0 Å². The molecule has 0 aromatic heterocycles. The van der Waals surface area contributed by atoms with Crippen LogP contribution in [-0.4, -0.2) is 48.7 Å². The lowest BCUT2D eigenvalue weighted by Crippen LogP contribution is -2.42. The second-order valence-electron chi connectivity index (χ2n) is 7.90. The van der Waals surface area contributed by atoms with E-state index >= 15 is 0 Å². The van der Waals surface area contributed by atoms with E-state index in [4.69, 9.17) is 14.2 Å². The molecular weight excluding hydrogens is 300 g/mol. The highest BCUT2D eigenvalue weighted by atomic mass is 16.6. The first-order valence-electron chi connectivity index (χ1n) is 8.00. The van der Waals surface area contributed by atoms with Crippen LogP contribution in [0.2, 0.25) is 0 Å². The molecule has 0 bridgehead atoms. The average molecular weight is 330 g/mol. The molecule has 0 aromatic carbocycles. The third-order valence-corrected chi connectivity index (χ3v) is 2.95. The van der Waals surface area contributed by atoms with Crippen LogP contribution in [0.4, 0.5) is 9.59 Å². The minimum absolute atomic E-state index is 0.153. The fraction of sp³-hybridized carbons (Fsp3) is 0.875. The molecule has 134 valence electrons. The van der Waals surface area contributed by atoms with Gasteiger partial charge in [-0.2, -0.15) is 0 Å². The van der Waals surface area contributed by atoms with Gasteiger partial charge in [0.1, 0.15) is 13.2 Å². The van der Waals surface area contributed by atoms with E-state index in [2.05, 4.69) is 10.6 Å². The molecule has 2 atom stereocenters. The minimum Gasteiger partial charge on any atom is -0.447 e. The number of hydrogen-bond acceptors (Lipinski definition) is 5. The van der Waals surface area contributed by atoms with E-state index in [1.807, 2.05) is 41.5 Å². The zero-order valence-corrected chi connectivity index (χ0v) is 15.0. The third-order valence-electron chi connectivity index (χ3n) is 2.95. The molecule has 0 spiro atoms. The van der Waals surface area contributed by atoms with Crippen LogP contribution in [0.3, 0.4) is 0 Å². The molecule has 2 unspecified atom stereocenters. The van der Waals surface area contributed by atoms with Gasteiger partial charge in [-0.3, -0.25) is 0 Å². The highest BCUT2D eigenvalue weighted by molar-refractivity contribution is 5.68. The van der Waals surface area contributed by atoms with Gasteiger partial charge in [0.05, 0.1) is 12.2 Å². The lowest BCUT2D eigenvalue weighted by molar-refractivity contribution is -0.0209. The molecular formula is C16H30N2O5. The second kappa shape index (κ2) is 7.86. The minimum atomic E-state index is -0.453. The summed E-state index contributed by atoms with van der Waals surface area (Å²) >= 11 is 0. The number of carbonyl (C=O) groups excluding carboxylic acids is 2. The number of hydrogen-bond donors (Lipinski definition) is 2. The Morgan fingerprint density at radius 3 is 1.52 bits per heavy atom. The zero-order valence-electron chi connectivity index (χ0n) is 15.0. The summed E-state index contributed by atoms with van der Waals surface area (Å²) in [7, 11) is 0. The van der Waals surface area contributed by atoms with Crippen molar-refractivity contribution in [1.82, 2.24) is 10.6 Å². The Kier molecular flexibility index (Phi) is 6.68. The Labute approximate surface area is 138 Å². The Hall–Kier alpha value is -1.50. The summed E-state index contributed by atoms with van der Waals surface area (Å²) in [6, 6.07) is 0. The van der Waals surface area contributed by atoms with Crippen LogP contribution in [0.25, 0.3) is 0 Å². The Morgan fingerprint density at radius 1 is 0.870 bits per heavy atom. The summed E-state index contributed by atoms with van der Waals surface area (Å²) in [5.74, 6) is 0. The van der Waals surface area contributed by atoms with Crippen molar-refractivity contribution in [3.8, 4) is 0 Å². The van der Waals surface area contributed by atoms with Crippen LogP contribution < -0.4 is 10.6 Å². The molecule has 0 aliphatic carbocycles. The summed E-state index contributed by atoms with van der Waals surface area (Å²) in [6.07, 6.45) is 0.339. The topological polar surface area (TPSA) is 85.9 Å². The van der Waals surface area contributed by atoms with Crippen molar-refractivity contribution >= 4 is 12.2 Å². The lowest BCUT2D eigenvalue weighted by Gasteiger charge is -2.21. The predicted molar refractivity (Wildman–Crippen MR) is 86.4 cm³/mol. The van der Waals surface area contributed by atoms with E-state index in [1.54, 1.807) is 0 Å². The van der Waals surface area contributed by atoms with Crippen LogP contribution in [0, 0.1) is 0 Å². The molecule has 1 saturated heterocycles. The van der Waals surface area contributed by atoms with Crippen molar-refractivity contribution in [1.29, 1.82) is 0 Å². The lowest BCUT2D eigenvalue weighted by atomic mass is 10.1. The summed E-state index contributed by atoms with van der Waals surface area (Å²) in [6.45, 7) is 11.7. The fourth-order valence-electron chi connectivity index (χ4n) is 2.05. The van der Waals surface area contributed by atoms with E-state index in [0.717, 1.165) is 12.8 Å². The normalized spacial score (nSPS) is 21.7. The second-order valence-corrected chi connectivity index (χ2v) is 7.90. The van der Waals surface area contributed by atoms with E-state index in [9.17, 15) is 9.59 Å². The maximum Gasteiger partial charge on any atom is 0.407 e. The Morgan fingerprint density at radius 2 is 1.22 bits per heavy atom. The number of amides is 2. The molecule has 1 rings (SSSR count). The van der Waals surface area contributed by atoms with Gasteiger partial charge in [0.15, 0.2) is 0 Å². The van der Waals surface area contributed by atoms with Crippen molar-refractivity contribution in [2.45, 2.75) is 77.7 Å². The molecule has 1 heterocycles. The highest BCUT2D eigenvalue weighted by Crippen LogP contribution is 2.20. The smallest absolute Gasteiger partial charge is 0.407 e. The SMILES string of the molecule is CC(C)(C)NC(=O)OCC1CCC(COC(=O)NC(C)(C)C)O1. The molecule has 23 heavy (non-hydrogen) atoms. The van der Waals surface area contributed by atoms with Gasteiger partial charge in [-0.15, -0.1) is 0 Å². The standard InChI is InChI=1S/C16H30N2O5/c1-15(2,3)17-13(19)21-9-11-7-8-12(23-11)10-22-14(20)18-16(4,5)6/h11-12H,7-10H2,1-6H3,(H,17,19)(H,18,20). The molecule has 0 saturated carbocycles. The van der Waals surface area contributed by atoms with Gasteiger partial charge in [-0.05, 0) is 54.4 Å². The van der Waals surface area contributed by atoms with E-state index in [0.29, 0.717) is 0 Å². The monoisotopic (exact) mass is 330 g/mol. The van der Waals surface area contributed by atoms with Gasteiger partial charge in [0.25, 0.3) is 0 Å². The Balaban J connectivity index is 2.20. The zero-order chi connectivity index (χ0) is 17.7. The number of alkyl carbamates (subject to hydrolysis) is 2. The van der Waals surface area contributed by atoms with Gasteiger partial charge in [0, 0.05) is 11.1 Å². The number of carbonyl (C=O) groups is 2. The largest absolute Gasteiger partial charge is 0.447 e. The van der Waals surface area contributed by atoms with Gasteiger partial charge in [-0.25, -0.2) is 9.59 Å². The number of rotatable bonds is 4. The van der Waals surface area contributed by atoms with Gasteiger partial charge in [-0.1, -0.05) is 0 Å². The van der Waals surface area contributed by atoms with Crippen LogP contribution in [0.1, 0.15) is 54.4 Å². The summed E-state index contributed by atoms with van der Waals surface area (Å²) in [5.41, 5.74) is -0.658. The first-order chi connectivity index (χ1) is 10.4. The van der Waals surface area contributed by atoms with Crippen molar-refractivity contribution in [3.05, 3.63) is 0 Å². The number of ether oxygens (including phenoxy) is 3. The molecule has 0 radical (unpaired) electrons. The molecule has 0 aromatic rings. The highest BCUT2D eigenvalue weighted by Gasteiger charge is 2.28. The van der Waals surface area contributed by atoms with Crippen molar-refractivity contribution in [2.24, 2.45) is 0 Å². The van der Waals surface area contributed by atoms with Gasteiger partial charge in [0.2, 0.25) is 0 Å². The predicted octanol–water partition coefficient (Wildman–Crippen LogP) is 2.58. The van der Waals surface area contributed by atoms with E-state index in [-0.39, 0.29) is 36.5 Å². The summed E-state index contributed by atoms with van der Waals surface area (Å²) in [5, 5.41) is 5.44. The summed E-state index contributed by atoms with van der Waals surface area (Å²) in [4.78, 5) is 23.2. The van der Waals surface area contributed by atoms with Crippen LogP contribution in [0.5, 0.6) is 0 Å². The quantitative estimate of drug-likeness (QED) is 0.827. The fourth-order valence-corrected chi connectivity index (χ4v) is 2.05. The third kappa shape index (κ3) is 9.28. The van der Waals surface area contributed by atoms with Crippen molar-refractivity contribution < 1.29 is 23.8 Å². The Bertz CT molecular complexity index is 374. The molecule has 2 N–H and O–H groups in total. The van der Waals surface area contributed by atoms with Crippen LogP contribution >= 0.6 is 0 Å². The van der Waals surface area contributed by atoms with E-state index < -0.39 is 12.2 Å². The average Bonchev–Trinajstić information content (AvgIpc) is 2.77.